The summed E-state index contributed by atoms with van der Waals surface area (Å²) in [5.41, 5.74) is 0. The molecule has 0 amide bonds. The number of carboxylic acid groups (broad SMARTS) is 1. The van der Waals surface area contributed by atoms with Crippen molar-refractivity contribution in [3.8, 4) is 0 Å². The zero-order valence-electron chi connectivity index (χ0n) is 8.77. The van der Waals surface area contributed by atoms with Crippen molar-refractivity contribution < 1.29 is 19.7 Å². The Bertz CT molecular complexity index is 155. The van der Waals surface area contributed by atoms with E-state index in [0.29, 0.717) is 0 Å². The number of hydrogen-bond donors (Lipinski definition) is 2. The Kier molecular flexibility index (Phi) is 7.37. The normalized spacial score (nSPS) is 19.4. The molecule has 0 spiro atoms. The standard InChI is InChI=1S/C6H13NO.C3H6O3/c1-2-7-3-5-8-6-4-7;1-2(4)3(5)6/h2-6H2,1H3;2,4H,1H3,(H,5,6). The molecule has 0 aliphatic carbocycles. The van der Waals surface area contributed by atoms with Gasteiger partial charge < -0.3 is 14.9 Å². The second-order valence-electron chi connectivity index (χ2n) is 3.06. The van der Waals surface area contributed by atoms with Crippen LogP contribution in [0.25, 0.3) is 0 Å². The van der Waals surface area contributed by atoms with Gasteiger partial charge in [-0.1, -0.05) is 6.92 Å². The summed E-state index contributed by atoms with van der Waals surface area (Å²) in [6, 6.07) is 0. The summed E-state index contributed by atoms with van der Waals surface area (Å²) in [6.07, 6.45) is -1.23. The maximum atomic E-state index is 9.45. The first kappa shape index (κ1) is 13.4. The Morgan fingerprint density at radius 1 is 1.50 bits per heavy atom. The number of carbonyl (C=O) groups is 1. The van der Waals surface area contributed by atoms with Gasteiger partial charge in [-0.15, -0.1) is 0 Å². The van der Waals surface area contributed by atoms with Crippen LogP contribution in [0, 0.1) is 0 Å². The van der Waals surface area contributed by atoms with Gasteiger partial charge >= 0.3 is 5.97 Å². The zero-order valence-corrected chi connectivity index (χ0v) is 8.77. The highest BCUT2D eigenvalue weighted by Crippen LogP contribution is 1.93. The number of nitrogens with zero attached hydrogens (tertiary/aromatic N) is 1. The van der Waals surface area contributed by atoms with E-state index >= 15 is 0 Å². The second-order valence-corrected chi connectivity index (χ2v) is 3.06. The van der Waals surface area contributed by atoms with E-state index in [1.165, 1.54) is 13.5 Å². The molecule has 1 unspecified atom stereocenters. The highest BCUT2D eigenvalue weighted by molar-refractivity contribution is 5.71. The van der Waals surface area contributed by atoms with Crippen LogP contribution in [0.15, 0.2) is 0 Å². The first-order valence-electron chi connectivity index (χ1n) is 4.79. The molecule has 14 heavy (non-hydrogen) atoms. The Balaban J connectivity index is 0.000000255. The van der Waals surface area contributed by atoms with Gasteiger partial charge in [-0.05, 0) is 13.5 Å². The van der Waals surface area contributed by atoms with Crippen molar-refractivity contribution in [2.24, 2.45) is 0 Å². The average molecular weight is 205 g/mol. The lowest BCUT2D eigenvalue weighted by Crippen LogP contribution is -2.35. The Hall–Kier alpha value is -0.650. The molecular weight excluding hydrogens is 186 g/mol. The smallest absolute Gasteiger partial charge is 0.332 e. The quantitative estimate of drug-likeness (QED) is 0.653. The van der Waals surface area contributed by atoms with E-state index < -0.39 is 12.1 Å². The predicted octanol–water partition coefficient (Wildman–Crippen LogP) is -0.210. The summed E-state index contributed by atoms with van der Waals surface area (Å²) in [5, 5.41) is 15.8. The molecule has 5 heteroatoms. The van der Waals surface area contributed by atoms with Gasteiger partial charge in [0.1, 0.15) is 6.10 Å². The highest BCUT2D eigenvalue weighted by atomic mass is 16.5. The summed E-state index contributed by atoms with van der Waals surface area (Å²) >= 11 is 0. The molecule has 5 nitrogen and oxygen atoms in total. The third kappa shape index (κ3) is 6.82. The van der Waals surface area contributed by atoms with Crippen LogP contribution in [0.2, 0.25) is 0 Å². The maximum Gasteiger partial charge on any atom is 0.332 e. The fourth-order valence-electron chi connectivity index (χ4n) is 0.917. The topological polar surface area (TPSA) is 70.0 Å². The third-order valence-electron chi connectivity index (χ3n) is 1.91. The molecule has 0 aromatic carbocycles. The van der Waals surface area contributed by atoms with Crippen molar-refractivity contribution in [2.75, 3.05) is 32.8 Å². The lowest BCUT2D eigenvalue weighted by Gasteiger charge is -2.24. The lowest BCUT2D eigenvalue weighted by atomic mass is 10.4. The van der Waals surface area contributed by atoms with Gasteiger partial charge in [0, 0.05) is 13.1 Å². The van der Waals surface area contributed by atoms with Crippen LogP contribution in [0.3, 0.4) is 0 Å². The molecule has 1 saturated heterocycles. The van der Waals surface area contributed by atoms with Crippen LogP contribution in [0.1, 0.15) is 13.8 Å². The fourth-order valence-corrected chi connectivity index (χ4v) is 0.917. The molecule has 0 saturated carbocycles. The van der Waals surface area contributed by atoms with Crippen molar-refractivity contribution in [1.82, 2.24) is 4.90 Å². The summed E-state index contributed by atoms with van der Waals surface area (Å²) in [5.74, 6) is -1.19. The van der Waals surface area contributed by atoms with Gasteiger partial charge in [-0.3, -0.25) is 4.90 Å². The first-order valence-corrected chi connectivity index (χ1v) is 4.79. The Morgan fingerprint density at radius 3 is 2.14 bits per heavy atom. The number of morpholine rings is 1. The Morgan fingerprint density at radius 2 is 1.93 bits per heavy atom. The fraction of sp³-hybridized carbons (Fsp3) is 0.889. The largest absolute Gasteiger partial charge is 0.479 e. The van der Waals surface area contributed by atoms with E-state index in [0.717, 1.165) is 26.3 Å². The monoisotopic (exact) mass is 205 g/mol. The van der Waals surface area contributed by atoms with Crippen LogP contribution >= 0.6 is 0 Å². The molecule has 0 aromatic rings. The minimum atomic E-state index is -1.23. The van der Waals surface area contributed by atoms with Gasteiger partial charge in [0.05, 0.1) is 13.2 Å². The minimum Gasteiger partial charge on any atom is -0.479 e. The van der Waals surface area contributed by atoms with Crippen LogP contribution in [-0.4, -0.2) is 60.0 Å². The highest BCUT2D eigenvalue weighted by Gasteiger charge is 2.05. The van der Waals surface area contributed by atoms with E-state index in [1.807, 2.05) is 0 Å². The molecule has 0 bridgehead atoms. The minimum absolute atomic E-state index is 0.924. The molecule has 1 rings (SSSR count). The molecule has 84 valence electrons. The number of aliphatic hydroxyl groups excluding tert-OH is 1. The summed E-state index contributed by atoms with van der Waals surface area (Å²) in [6.45, 7) is 8.64. The number of aliphatic hydroxyl groups is 1. The van der Waals surface area contributed by atoms with Gasteiger partial charge in [0.15, 0.2) is 0 Å². The Labute approximate surface area is 84.3 Å². The van der Waals surface area contributed by atoms with E-state index in [1.54, 1.807) is 0 Å². The summed E-state index contributed by atoms with van der Waals surface area (Å²) in [7, 11) is 0. The lowest BCUT2D eigenvalue weighted by molar-refractivity contribution is -0.145. The summed E-state index contributed by atoms with van der Waals surface area (Å²) < 4.78 is 5.16. The number of carboxylic acids is 1. The molecule has 2 N–H and O–H groups in total. The van der Waals surface area contributed by atoms with Crippen LogP contribution in [0.5, 0.6) is 0 Å². The first-order chi connectivity index (χ1) is 6.57. The van der Waals surface area contributed by atoms with E-state index in [2.05, 4.69) is 11.8 Å². The second kappa shape index (κ2) is 7.73. The molecule has 0 radical (unpaired) electrons. The zero-order chi connectivity index (χ0) is 11.0. The van der Waals surface area contributed by atoms with Crippen molar-refractivity contribution in [2.45, 2.75) is 20.0 Å². The van der Waals surface area contributed by atoms with Crippen molar-refractivity contribution in [1.29, 1.82) is 0 Å². The predicted molar refractivity (Wildman–Crippen MR) is 52.2 cm³/mol. The van der Waals surface area contributed by atoms with Gasteiger partial charge in [0.25, 0.3) is 0 Å². The van der Waals surface area contributed by atoms with Crippen molar-refractivity contribution >= 4 is 5.97 Å². The number of likely N-dealkylation sites (N-methyl/N-ethyl adjacent to an activating group) is 1. The number of rotatable bonds is 2. The van der Waals surface area contributed by atoms with E-state index in [-0.39, 0.29) is 0 Å². The SMILES string of the molecule is CC(O)C(=O)O.CCN1CCOCC1. The number of ether oxygens (including phenoxy) is 1. The van der Waals surface area contributed by atoms with Gasteiger partial charge in [0.2, 0.25) is 0 Å². The maximum absolute atomic E-state index is 9.45. The van der Waals surface area contributed by atoms with Crippen LogP contribution in [0.4, 0.5) is 0 Å². The molecule has 1 aliphatic rings. The van der Waals surface area contributed by atoms with Crippen molar-refractivity contribution in [3.05, 3.63) is 0 Å². The van der Waals surface area contributed by atoms with E-state index in [4.69, 9.17) is 14.9 Å². The molecule has 0 aromatic heterocycles. The molecular formula is C9H19NO4. The molecule has 1 atom stereocenters. The third-order valence-corrected chi connectivity index (χ3v) is 1.91. The number of aliphatic carboxylic acids is 1. The average Bonchev–Trinajstić information content (AvgIpc) is 2.20. The van der Waals surface area contributed by atoms with Gasteiger partial charge in [-0.2, -0.15) is 0 Å². The van der Waals surface area contributed by atoms with Crippen LogP contribution < -0.4 is 0 Å². The summed E-state index contributed by atoms with van der Waals surface area (Å²) in [4.78, 5) is 11.8. The number of hydrogen-bond acceptors (Lipinski definition) is 4. The van der Waals surface area contributed by atoms with Crippen molar-refractivity contribution in [3.63, 3.8) is 0 Å². The van der Waals surface area contributed by atoms with E-state index in [9.17, 15) is 4.79 Å². The molecule has 1 heterocycles. The van der Waals surface area contributed by atoms with Gasteiger partial charge in [-0.25, -0.2) is 4.79 Å². The molecule has 1 aliphatic heterocycles. The molecule has 1 fully saturated rings. The van der Waals surface area contributed by atoms with Crippen LogP contribution in [-0.2, 0) is 9.53 Å².